The summed E-state index contributed by atoms with van der Waals surface area (Å²) < 4.78 is 5.11. The van der Waals surface area contributed by atoms with Crippen LogP contribution in [0.15, 0.2) is 18.3 Å². The molecule has 1 aliphatic carbocycles. The average molecular weight is 221 g/mol. The lowest BCUT2D eigenvalue weighted by Crippen LogP contribution is -2.29. The number of anilines is 1. The number of nitrogens with two attached hydrogens (primary N) is 1. The molecule has 1 saturated carbocycles. The Morgan fingerprint density at radius 1 is 1.50 bits per heavy atom. The summed E-state index contributed by atoms with van der Waals surface area (Å²) in [6.07, 6.45) is 5.34. The van der Waals surface area contributed by atoms with Crippen LogP contribution in [0.25, 0.3) is 0 Å². The molecule has 0 bridgehead atoms. The van der Waals surface area contributed by atoms with Gasteiger partial charge in [-0.05, 0) is 37.9 Å². The lowest BCUT2D eigenvalue weighted by molar-refractivity contribution is 0.413. The fourth-order valence-electron chi connectivity index (χ4n) is 1.80. The van der Waals surface area contributed by atoms with E-state index in [1.165, 1.54) is 12.8 Å². The molecule has 1 fully saturated rings. The van der Waals surface area contributed by atoms with Crippen LogP contribution in [0, 0.1) is 0 Å². The third kappa shape index (κ3) is 2.64. The maximum Gasteiger partial charge on any atom is 0.137 e. The van der Waals surface area contributed by atoms with E-state index < -0.39 is 0 Å². The van der Waals surface area contributed by atoms with E-state index in [1.807, 2.05) is 12.1 Å². The zero-order chi connectivity index (χ0) is 11.4. The summed E-state index contributed by atoms with van der Waals surface area (Å²) in [5, 5.41) is 0. The van der Waals surface area contributed by atoms with Crippen molar-refractivity contribution in [3.63, 3.8) is 0 Å². The van der Waals surface area contributed by atoms with Crippen molar-refractivity contribution < 1.29 is 4.74 Å². The number of ether oxygens (including phenoxy) is 1. The second-order valence-electron chi connectivity index (χ2n) is 4.12. The van der Waals surface area contributed by atoms with Crippen molar-refractivity contribution in [2.45, 2.75) is 25.3 Å². The summed E-state index contributed by atoms with van der Waals surface area (Å²) in [4.78, 5) is 6.78. The quantitative estimate of drug-likeness (QED) is 0.789. The Hall–Kier alpha value is -1.29. The molecule has 1 aromatic rings. The van der Waals surface area contributed by atoms with Gasteiger partial charge >= 0.3 is 0 Å². The van der Waals surface area contributed by atoms with E-state index in [0.717, 1.165) is 31.1 Å². The highest BCUT2D eigenvalue weighted by Crippen LogP contribution is 2.31. The van der Waals surface area contributed by atoms with Gasteiger partial charge in [0.05, 0.1) is 13.3 Å². The van der Waals surface area contributed by atoms with Gasteiger partial charge in [0.25, 0.3) is 0 Å². The first-order valence-corrected chi connectivity index (χ1v) is 5.82. The van der Waals surface area contributed by atoms with Crippen LogP contribution in [0.2, 0.25) is 0 Å². The highest BCUT2D eigenvalue weighted by molar-refractivity contribution is 5.43. The van der Waals surface area contributed by atoms with Crippen molar-refractivity contribution >= 4 is 5.82 Å². The Labute approximate surface area is 96.4 Å². The fraction of sp³-hybridized carbons (Fsp3) is 0.583. The Morgan fingerprint density at radius 3 is 2.81 bits per heavy atom. The molecule has 4 nitrogen and oxygen atoms in total. The van der Waals surface area contributed by atoms with Crippen LogP contribution in [0.3, 0.4) is 0 Å². The summed E-state index contributed by atoms with van der Waals surface area (Å²) in [5.74, 6) is 1.84. The fourth-order valence-corrected chi connectivity index (χ4v) is 1.80. The van der Waals surface area contributed by atoms with Gasteiger partial charge in [0.15, 0.2) is 0 Å². The van der Waals surface area contributed by atoms with E-state index in [9.17, 15) is 0 Å². The van der Waals surface area contributed by atoms with E-state index in [-0.39, 0.29) is 0 Å². The molecular formula is C12H19N3O. The normalized spacial score (nSPS) is 14.9. The highest BCUT2D eigenvalue weighted by Gasteiger charge is 2.29. The molecule has 4 heteroatoms. The number of nitrogens with zero attached hydrogens (tertiary/aromatic N) is 2. The number of hydrogen-bond donors (Lipinski definition) is 1. The van der Waals surface area contributed by atoms with E-state index in [0.29, 0.717) is 6.04 Å². The predicted octanol–water partition coefficient (Wildman–Crippen LogP) is 1.41. The molecule has 0 aromatic carbocycles. The molecule has 2 N–H and O–H groups in total. The topological polar surface area (TPSA) is 51.4 Å². The predicted molar refractivity (Wildman–Crippen MR) is 64.8 cm³/mol. The molecule has 88 valence electrons. The monoisotopic (exact) mass is 221 g/mol. The summed E-state index contributed by atoms with van der Waals surface area (Å²) in [7, 11) is 1.66. The van der Waals surface area contributed by atoms with Gasteiger partial charge in [-0.1, -0.05) is 0 Å². The van der Waals surface area contributed by atoms with Crippen molar-refractivity contribution in [2.24, 2.45) is 5.73 Å². The van der Waals surface area contributed by atoms with Gasteiger partial charge in [0, 0.05) is 12.6 Å². The van der Waals surface area contributed by atoms with E-state index in [2.05, 4.69) is 9.88 Å². The molecular weight excluding hydrogens is 202 g/mol. The molecule has 0 atom stereocenters. The van der Waals surface area contributed by atoms with Gasteiger partial charge in [0.1, 0.15) is 11.6 Å². The minimum atomic E-state index is 0.674. The Bertz CT molecular complexity index is 322. The van der Waals surface area contributed by atoms with Crippen LogP contribution >= 0.6 is 0 Å². The maximum absolute atomic E-state index is 5.55. The first kappa shape index (κ1) is 11.2. The first-order valence-electron chi connectivity index (χ1n) is 5.82. The lowest BCUT2D eigenvalue weighted by atomic mass is 10.3. The van der Waals surface area contributed by atoms with Crippen LogP contribution in [-0.2, 0) is 0 Å². The number of hydrogen-bond acceptors (Lipinski definition) is 4. The van der Waals surface area contributed by atoms with E-state index in [1.54, 1.807) is 13.3 Å². The first-order chi connectivity index (χ1) is 7.85. The van der Waals surface area contributed by atoms with Crippen LogP contribution in [-0.4, -0.2) is 31.2 Å². The van der Waals surface area contributed by atoms with Gasteiger partial charge in [-0.25, -0.2) is 4.98 Å². The second-order valence-corrected chi connectivity index (χ2v) is 4.12. The second kappa shape index (κ2) is 5.16. The van der Waals surface area contributed by atoms with Crippen molar-refractivity contribution in [1.29, 1.82) is 0 Å². The molecule has 1 aromatic heterocycles. The summed E-state index contributed by atoms with van der Waals surface area (Å²) in [6, 6.07) is 4.65. The molecule has 0 saturated heterocycles. The Kier molecular flexibility index (Phi) is 3.62. The Morgan fingerprint density at radius 2 is 2.31 bits per heavy atom. The Balaban J connectivity index is 2.05. The maximum atomic E-state index is 5.55. The molecule has 2 rings (SSSR count). The molecule has 0 aliphatic heterocycles. The standard InChI is InChI=1S/C12H19N3O/c1-16-11-5-6-12(14-9-11)15(8-2-7-13)10-3-4-10/h5-6,9-10H,2-4,7-8,13H2,1H3. The molecule has 0 amide bonds. The third-order valence-corrected chi connectivity index (χ3v) is 2.84. The molecule has 0 radical (unpaired) electrons. The minimum absolute atomic E-state index is 0.674. The molecule has 0 spiro atoms. The molecule has 16 heavy (non-hydrogen) atoms. The SMILES string of the molecule is COc1ccc(N(CCCN)C2CC2)nc1. The minimum Gasteiger partial charge on any atom is -0.495 e. The van der Waals surface area contributed by atoms with Gasteiger partial charge in [0.2, 0.25) is 0 Å². The largest absolute Gasteiger partial charge is 0.495 e. The highest BCUT2D eigenvalue weighted by atomic mass is 16.5. The summed E-state index contributed by atoms with van der Waals surface area (Å²) in [5.41, 5.74) is 5.55. The summed E-state index contributed by atoms with van der Waals surface area (Å²) >= 11 is 0. The third-order valence-electron chi connectivity index (χ3n) is 2.84. The van der Waals surface area contributed by atoms with Crippen molar-refractivity contribution in [2.75, 3.05) is 25.1 Å². The van der Waals surface area contributed by atoms with Gasteiger partial charge in [-0.3, -0.25) is 0 Å². The van der Waals surface area contributed by atoms with Crippen molar-refractivity contribution in [3.8, 4) is 5.75 Å². The van der Waals surface area contributed by atoms with Crippen LogP contribution in [0.4, 0.5) is 5.82 Å². The zero-order valence-corrected chi connectivity index (χ0v) is 9.72. The van der Waals surface area contributed by atoms with Crippen molar-refractivity contribution in [3.05, 3.63) is 18.3 Å². The average Bonchev–Trinajstić information content (AvgIpc) is 3.15. The lowest BCUT2D eigenvalue weighted by Gasteiger charge is -2.23. The molecule has 1 heterocycles. The van der Waals surface area contributed by atoms with Gasteiger partial charge < -0.3 is 15.4 Å². The van der Waals surface area contributed by atoms with E-state index in [4.69, 9.17) is 10.5 Å². The van der Waals surface area contributed by atoms with Gasteiger partial charge in [-0.2, -0.15) is 0 Å². The van der Waals surface area contributed by atoms with Crippen LogP contribution in [0.1, 0.15) is 19.3 Å². The molecule has 0 unspecified atom stereocenters. The van der Waals surface area contributed by atoms with Crippen LogP contribution in [0.5, 0.6) is 5.75 Å². The number of aromatic nitrogens is 1. The number of rotatable bonds is 6. The van der Waals surface area contributed by atoms with Crippen LogP contribution < -0.4 is 15.4 Å². The molecule has 1 aliphatic rings. The van der Waals surface area contributed by atoms with E-state index >= 15 is 0 Å². The summed E-state index contributed by atoms with van der Waals surface area (Å²) in [6.45, 7) is 1.74. The van der Waals surface area contributed by atoms with Gasteiger partial charge in [-0.15, -0.1) is 0 Å². The number of pyridine rings is 1. The number of methoxy groups -OCH3 is 1. The smallest absolute Gasteiger partial charge is 0.137 e. The zero-order valence-electron chi connectivity index (χ0n) is 9.72. The van der Waals surface area contributed by atoms with Crippen molar-refractivity contribution in [1.82, 2.24) is 4.98 Å².